The van der Waals surface area contributed by atoms with Crippen molar-refractivity contribution in [2.24, 2.45) is 17.3 Å². The van der Waals surface area contributed by atoms with Gasteiger partial charge in [0.2, 0.25) is 17.7 Å². The number of fused-ring (bicyclic) bond motifs is 6. The molecule has 6 bridgehead atoms. The van der Waals surface area contributed by atoms with Crippen LogP contribution in [0.3, 0.4) is 0 Å². The Morgan fingerprint density at radius 3 is 2.51 bits per heavy atom. The highest BCUT2D eigenvalue weighted by Gasteiger charge is 2.40. The van der Waals surface area contributed by atoms with E-state index in [9.17, 15) is 29.1 Å². The second-order valence-corrected chi connectivity index (χ2v) is 19.8. The molecule has 4 amide bonds. The van der Waals surface area contributed by atoms with Gasteiger partial charge < -0.3 is 34.3 Å². The lowest BCUT2D eigenvalue weighted by atomic mass is 9.83. The Hall–Kier alpha value is -5.99. The van der Waals surface area contributed by atoms with Crippen LogP contribution >= 0.6 is 0 Å². The number of likely N-dealkylation sites (tertiary alicyclic amines) is 1. The molecule has 0 radical (unpaired) electrons. The van der Waals surface area contributed by atoms with Crippen molar-refractivity contribution in [3.8, 4) is 28.1 Å². The molecule has 0 spiro atoms. The number of phenols is 1. The van der Waals surface area contributed by atoms with E-state index in [1.165, 1.54) is 16.0 Å². The number of carbonyl (C=O) groups is 5. The fourth-order valence-electron chi connectivity index (χ4n) is 10.3. The average Bonchev–Trinajstić information content (AvgIpc) is 3.92. The van der Waals surface area contributed by atoms with Gasteiger partial charge in [-0.3, -0.25) is 29.0 Å². The van der Waals surface area contributed by atoms with Crippen LogP contribution in [-0.4, -0.2) is 113 Å². The molecule has 5 atom stereocenters. The number of carbonyl (C=O) groups excluding carboxylic acids is 5. The van der Waals surface area contributed by atoms with Crippen LogP contribution in [0.4, 0.5) is 0 Å². The summed E-state index contributed by atoms with van der Waals surface area (Å²) >= 11 is 0. The summed E-state index contributed by atoms with van der Waals surface area (Å²) in [4.78, 5) is 72.5. The largest absolute Gasteiger partial charge is 0.508 e. The van der Waals surface area contributed by atoms with E-state index in [1.807, 2.05) is 26.0 Å². The van der Waals surface area contributed by atoms with Crippen molar-refractivity contribution in [1.29, 1.82) is 0 Å². The number of rotatable bonds is 10. The van der Waals surface area contributed by atoms with E-state index in [-0.39, 0.29) is 55.7 Å². The van der Waals surface area contributed by atoms with E-state index in [1.54, 1.807) is 31.2 Å². The first-order valence-corrected chi connectivity index (χ1v) is 23.7. The number of likely N-dealkylation sites (N-methyl/N-ethyl adjacent to an activating group) is 1. The second-order valence-electron chi connectivity index (χ2n) is 19.8. The zero-order valence-electron chi connectivity index (χ0n) is 40.6. The third kappa shape index (κ3) is 10.3. The first kappa shape index (κ1) is 48.9. The van der Waals surface area contributed by atoms with Gasteiger partial charge in [-0.25, -0.2) is 5.43 Å². The van der Waals surface area contributed by atoms with Gasteiger partial charge in [-0.1, -0.05) is 64.1 Å². The van der Waals surface area contributed by atoms with Crippen molar-refractivity contribution in [2.75, 3.05) is 40.4 Å². The van der Waals surface area contributed by atoms with Crippen LogP contribution < -0.4 is 10.7 Å². The number of aryl methyl sites for hydroxylation is 2. The van der Waals surface area contributed by atoms with E-state index in [2.05, 4.69) is 86.8 Å². The summed E-state index contributed by atoms with van der Waals surface area (Å²) in [6.07, 6.45) is 3.03. The molecule has 358 valence electrons. The van der Waals surface area contributed by atoms with Gasteiger partial charge in [0.15, 0.2) is 0 Å². The molecule has 3 aliphatic rings. The predicted octanol–water partition coefficient (Wildman–Crippen LogP) is 6.88. The minimum absolute atomic E-state index is 0.00417. The van der Waals surface area contributed by atoms with Crippen LogP contribution in [0.2, 0.25) is 0 Å². The van der Waals surface area contributed by atoms with Gasteiger partial charge in [-0.15, -0.1) is 0 Å². The number of hydrogen-bond donors (Lipinski definition) is 3. The lowest BCUT2D eigenvalue weighted by Crippen LogP contribution is -2.62. The summed E-state index contributed by atoms with van der Waals surface area (Å²) in [5.74, 6) is -2.83. The number of nitrogens with zero attached hydrogens (tertiary/aromatic N) is 4. The Labute approximate surface area is 394 Å². The number of ether oxygens (including phenoxy) is 2. The number of esters is 1. The number of hydrazine groups is 1. The minimum atomic E-state index is -1.16. The SMILES string of the molecule is C=CC(=O)N1CC[C@H](C(=O)N(C)[C@H](C(=O)N[C@H]2Cc3cc(O)cc(c3)-c3ccc4c(c3)c(c(-c3cc(C)ccc3[C@H](C)OC)n4CC)CC(C)(C)COC(=O)[C@@H]3CCCN(N3)C2=O)C(C)C)C1. The molecular weight excluding hydrogens is 849 g/mol. The number of cyclic esters (lactones) is 1. The maximum Gasteiger partial charge on any atom is 0.324 e. The smallest absolute Gasteiger partial charge is 0.324 e. The molecule has 3 N–H and O–H groups in total. The Balaban J connectivity index is 1.32. The lowest BCUT2D eigenvalue weighted by Gasteiger charge is -2.37. The monoisotopic (exact) mass is 917 g/mol. The number of nitrogens with one attached hydrogen (secondary N) is 2. The average molecular weight is 917 g/mol. The molecule has 2 saturated heterocycles. The molecule has 0 saturated carbocycles. The second kappa shape index (κ2) is 20.1. The molecule has 14 heteroatoms. The zero-order chi connectivity index (χ0) is 48.5. The van der Waals surface area contributed by atoms with Crippen molar-refractivity contribution < 1.29 is 38.6 Å². The van der Waals surface area contributed by atoms with Crippen molar-refractivity contribution >= 4 is 40.5 Å². The van der Waals surface area contributed by atoms with Gasteiger partial charge >= 0.3 is 5.97 Å². The van der Waals surface area contributed by atoms with Crippen LogP contribution in [0.1, 0.15) is 89.2 Å². The number of aromatic nitrogens is 1. The zero-order valence-corrected chi connectivity index (χ0v) is 40.6. The van der Waals surface area contributed by atoms with Gasteiger partial charge in [0.25, 0.3) is 5.91 Å². The molecule has 3 aliphatic heterocycles. The molecule has 1 aromatic heterocycles. The molecule has 2 fully saturated rings. The van der Waals surface area contributed by atoms with Crippen molar-refractivity contribution in [1.82, 2.24) is 30.1 Å². The van der Waals surface area contributed by atoms with E-state index in [4.69, 9.17) is 9.47 Å². The van der Waals surface area contributed by atoms with E-state index < -0.39 is 47.2 Å². The van der Waals surface area contributed by atoms with Crippen LogP contribution in [0, 0.1) is 24.2 Å². The number of phenolic OH excluding ortho intramolecular Hbond substituents is 1. The van der Waals surface area contributed by atoms with Crippen molar-refractivity contribution in [2.45, 2.75) is 111 Å². The fraction of sp³-hybridized carbons (Fsp3) is 0.491. The molecule has 4 aromatic rings. The van der Waals surface area contributed by atoms with E-state index in [0.717, 1.165) is 50.0 Å². The van der Waals surface area contributed by atoms with Gasteiger partial charge in [-0.05, 0) is 117 Å². The standard InChI is InChI=1S/C53H68N6O8/c1-11-46(61)57-21-19-36(29-57)50(63)56(9)47(31(3)4)49(62)54-44-25-34-23-37(26-38(60)24-34)35-16-18-45-40(27-35)42(48(58(45)12-2)41-22-32(5)15-17-39(41)33(6)66-10)28-53(7,8)30-67-52(65)43-14-13-20-59(55-43)51(44)64/h11,15-18,22-24,26-27,31,33,36,43-44,47,55,60H,1,12-14,19-21,25,28-30H2,2-10H3,(H,54,62)/t33-,36-,43-,44-,47-/m0/s1. The summed E-state index contributed by atoms with van der Waals surface area (Å²) in [6, 6.07) is 15.1. The van der Waals surface area contributed by atoms with Crippen LogP contribution in [0.15, 0.2) is 67.3 Å². The Morgan fingerprint density at radius 1 is 1.04 bits per heavy atom. The molecule has 4 heterocycles. The molecule has 67 heavy (non-hydrogen) atoms. The fourth-order valence-corrected chi connectivity index (χ4v) is 10.3. The molecule has 0 aliphatic carbocycles. The Morgan fingerprint density at radius 2 is 1.81 bits per heavy atom. The first-order chi connectivity index (χ1) is 31.8. The third-order valence-corrected chi connectivity index (χ3v) is 13.8. The van der Waals surface area contributed by atoms with Gasteiger partial charge in [0.1, 0.15) is 23.9 Å². The lowest BCUT2D eigenvalue weighted by molar-refractivity contribution is -0.155. The highest BCUT2D eigenvalue weighted by atomic mass is 16.5. The van der Waals surface area contributed by atoms with Gasteiger partial charge in [-0.2, -0.15) is 0 Å². The number of amides is 4. The Kier molecular flexibility index (Phi) is 14.7. The quantitative estimate of drug-likeness (QED) is 0.114. The highest BCUT2D eigenvalue weighted by molar-refractivity contribution is 5.96. The Bertz CT molecular complexity index is 2560. The van der Waals surface area contributed by atoms with Gasteiger partial charge in [0, 0.05) is 68.6 Å². The predicted molar refractivity (Wildman–Crippen MR) is 259 cm³/mol. The maximum absolute atomic E-state index is 14.7. The molecule has 3 aromatic carbocycles. The van der Waals surface area contributed by atoms with Crippen LogP contribution in [0.25, 0.3) is 33.3 Å². The summed E-state index contributed by atoms with van der Waals surface area (Å²) in [6.45, 7) is 19.4. The third-order valence-electron chi connectivity index (χ3n) is 13.8. The first-order valence-electron chi connectivity index (χ1n) is 23.7. The van der Waals surface area contributed by atoms with E-state index in [0.29, 0.717) is 44.3 Å². The number of aromatic hydroxyl groups is 1. The normalized spacial score (nSPS) is 20.8. The summed E-state index contributed by atoms with van der Waals surface area (Å²) < 4.78 is 14.4. The van der Waals surface area contributed by atoms with Crippen molar-refractivity contribution in [3.63, 3.8) is 0 Å². The number of hydrogen-bond acceptors (Lipinski definition) is 9. The molecular formula is C53H68N6O8. The number of methoxy groups -OCH3 is 1. The van der Waals surface area contributed by atoms with Crippen LogP contribution in [-0.2, 0) is 52.8 Å². The highest BCUT2D eigenvalue weighted by Crippen LogP contribution is 2.43. The topological polar surface area (TPSA) is 163 Å². The van der Waals surface area contributed by atoms with E-state index >= 15 is 0 Å². The minimum Gasteiger partial charge on any atom is -0.508 e. The van der Waals surface area contributed by atoms with Crippen molar-refractivity contribution in [3.05, 3.63) is 89.5 Å². The number of benzene rings is 3. The summed E-state index contributed by atoms with van der Waals surface area (Å²) in [7, 11) is 3.30. The van der Waals surface area contributed by atoms with Gasteiger partial charge in [0.05, 0.1) is 24.3 Å². The molecule has 14 nitrogen and oxygen atoms in total. The summed E-state index contributed by atoms with van der Waals surface area (Å²) in [5, 5.41) is 16.8. The maximum atomic E-state index is 14.7. The van der Waals surface area contributed by atoms with Crippen LogP contribution in [0.5, 0.6) is 5.75 Å². The summed E-state index contributed by atoms with van der Waals surface area (Å²) in [5.41, 5.74) is 11.2. The molecule has 7 rings (SSSR count). The molecule has 0 unspecified atom stereocenters.